The summed E-state index contributed by atoms with van der Waals surface area (Å²) < 4.78 is 26.8. The standard InChI is InChI=1S/C14H15NO4S2/c1-9-7-12(4-5-13(9)17)21(18,19)15-8-11-3-6-14(20-11)10(2)16/h3-7,15,17H,8H2,1-2H3. The number of nitrogens with one attached hydrogen (secondary N) is 1. The Morgan fingerprint density at radius 3 is 2.57 bits per heavy atom. The Morgan fingerprint density at radius 1 is 1.29 bits per heavy atom. The Kier molecular flexibility index (Phi) is 4.46. The van der Waals surface area contributed by atoms with Gasteiger partial charge in [0.1, 0.15) is 5.75 Å². The van der Waals surface area contributed by atoms with Crippen LogP contribution >= 0.6 is 11.3 Å². The molecule has 2 rings (SSSR count). The van der Waals surface area contributed by atoms with Crippen LogP contribution in [0.15, 0.2) is 35.2 Å². The molecule has 1 heterocycles. The van der Waals surface area contributed by atoms with Gasteiger partial charge in [-0.2, -0.15) is 0 Å². The fraction of sp³-hybridized carbons (Fsp3) is 0.214. The van der Waals surface area contributed by atoms with E-state index >= 15 is 0 Å². The van der Waals surface area contributed by atoms with Crippen LogP contribution < -0.4 is 4.72 Å². The summed E-state index contributed by atoms with van der Waals surface area (Å²) in [6.45, 7) is 3.23. The average Bonchev–Trinajstić information content (AvgIpc) is 2.89. The maximum atomic E-state index is 12.2. The van der Waals surface area contributed by atoms with Crippen molar-refractivity contribution >= 4 is 27.1 Å². The van der Waals surface area contributed by atoms with Gasteiger partial charge in [-0.15, -0.1) is 11.3 Å². The van der Waals surface area contributed by atoms with Gasteiger partial charge in [-0.25, -0.2) is 13.1 Å². The van der Waals surface area contributed by atoms with Gasteiger partial charge in [-0.3, -0.25) is 4.79 Å². The van der Waals surface area contributed by atoms with Gasteiger partial charge < -0.3 is 5.11 Å². The van der Waals surface area contributed by atoms with E-state index in [1.54, 1.807) is 19.1 Å². The predicted octanol–water partition coefficient (Wildman–Crippen LogP) is 2.44. The van der Waals surface area contributed by atoms with Gasteiger partial charge in [0.05, 0.1) is 9.77 Å². The number of aryl methyl sites for hydroxylation is 1. The van der Waals surface area contributed by atoms with Crippen molar-refractivity contribution in [2.45, 2.75) is 25.3 Å². The van der Waals surface area contributed by atoms with Gasteiger partial charge in [-0.1, -0.05) is 0 Å². The van der Waals surface area contributed by atoms with Crippen molar-refractivity contribution in [2.24, 2.45) is 0 Å². The lowest BCUT2D eigenvalue weighted by Crippen LogP contribution is -2.22. The van der Waals surface area contributed by atoms with Gasteiger partial charge >= 0.3 is 0 Å². The summed E-state index contributed by atoms with van der Waals surface area (Å²) in [6.07, 6.45) is 0. The molecular weight excluding hydrogens is 310 g/mol. The topological polar surface area (TPSA) is 83.5 Å². The first-order valence-electron chi connectivity index (χ1n) is 6.18. The molecule has 0 radical (unpaired) electrons. The third kappa shape index (κ3) is 3.69. The van der Waals surface area contributed by atoms with Gasteiger partial charge in [0, 0.05) is 11.4 Å². The molecule has 0 saturated carbocycles. The maximum Gasteiger partial charge on any atom is 0.240 e. The monoisotopic (exact) mass is 325 g/mol. The van der Waals surface area contributed by atoms with Crippen LogP contribution in [0.4, 0.5) is 0 Å². The number of hydrogen-bond acceptors (Lipinski definition) is 5. The first-order chi connectivity index (χ1) is 9.79. The van der Waals surface area contributed by atoms with E-state index in [1.807, 2.05) is 0 Å². The molecule has 2 N–H and O–H groups in total. The molecule has 21 heavy (non-hydrogen) atoms. The molecule has 0 aliphatic carbocycles. The zero-order valence-corrected chi connectivity index (χ0v) is 13.2. The molecule has 0 amide bonds. The number of Topliss-reactive ketones (excluding diaryl/α,β-unsaturated/α-hetero) is 1. The van der Waals surface area contributed by atoms with Crippen molar-refractivity contribution in [3.63, 3.8) is 0 Å². The molecule has 0 saturated heterocycles. The second-order valence-corrected chi connectivity index (χ2v) is 7.53. The van der Waals surface area contributed by atoms with Crippen LogP contribution in [-0.4, -0.2) is 19.3 Å². The van der Waals surface area contributed by atoms with Crippen LogP contribution in [0.5, 0.6) is 5.75 Å². The van der Waals surface area contributed by atoms with Crippen molar-refractivity contribution in [1.82, 2.24) is 4.72 Å². The second kappa shape index (κ2) is 5.97. The van der Waals surface area contributed by atoms with E-state index in [-0.39, 0.29) is 23.0 Å². The molecule has 1 aromatic carbocycles. The molecule has 0 aliphatic rings. The summed E-state index contributed by atoms with van der Waals surface area (Å²) >= 11 is 1.27. The third-order valence-corrected chi connectivity index (χ3v) is 5.51. The number of phenols is 1. The number of aromatic hydroxyl groups is 1. The lowest BCUT2D eigenvalue weighted by Gasteiger charge is -2.07. The van der Waals surface area contributed by atoms with Crippen LogP contribution in [-0.2, 0) is 16.6 Å². The maximum absolute atomic E-state index is 12.2. The molecule has 0 fully saturated rings. The van der Waals surface area contributed by atoms with Gasteiger partial charge in [0.25, 0.3) is 0 Å². The zero-order chi connectivity index (χ0) is 15.6. The minimum Gasteiger partial charge on any atom is -0.508 e. The molecule has 5 nitrogen and oxygen atoms in total. The molecule has 112 valence electrons. The molecule has 2 aromatic rings. The average molecular weight is 325 g/mol. The minimum atomic E-state index is -3.65. The van der Waals surface area contributed by atoms with Crippen molar-refractivity contribution in [3.05, 3.63) is 45.6 Å². The summed E-state index contributed by atoms with van der Waals surface area (Å²) in [4.78, 5) is 12.7. The number of ketones is 1. The SMILES string of the molecule is CC(=O)c1ccc(CNS(=O)(=O)c2ccc(O)c(C)c2)s1. The van der Waals surface area contributed by atoms with Crippen molar-refractivity contribution in [2.75, 3.05) is 0 Å². The number of rotatable bonds is 5. The largest absolute Gasteiger partial charge is 0.508 e. The fourth-order valence-corrected chi connectivity index (χ4v) is 3.73. The van der Waals surface area contributed by atoms with Crippen LogP contribution in [0.25, 0.3) is 0 Å². The minimum absolute atomic E-state index is 0.0386. The highest BCUT2D eigenvalue weighted by Gasteiger charge is 2.15. The lowest BCUT2D eigenvalue weighted by molar-refractivity contribution is 0.102. The highest BCUT2D eigenvalue weighted by Crippen LogP contribution is 2.21. The molecule has 0 aliphatic heterocycles. The van der Waals surface area contributed by atoms with Gasteiger partial charge in [0.2, 0.25) is 10.0 Å². The third-order valence-electron chi connectivity index (χ3n) is 2.92. The normalized spacial score (nSPS) is 11.5. The van der Waals surface area contributed by atoms with E-state index in [9.17, 15) is 18.3 Å². The van der Waals surface area contributed by atoms with Crippen molar-refractivity contribution in [3.8, 4) is 5.75 Å². The van der Waals surface area contributed by atoms with E-state index in [1.165, 1.54) is 36.5 Å². The van der Waals surface area contributed by atoms with Crippen LogP contribution in [0.1, 0.15) is 27.0 Å². The number of sulfonamides is 1. The number of benzene rings is 1. The van der Waals surface area contributed by atoms with E-state index in [4.69, 9.17) is 0 Å². The molecule has 0 bridgehead atoms. The van der Waals surface area contributed by atoms with E-state index in [0.29, 0.717) is 10.4 Å². The highest BCUT2D eigenvalue weighted by atomic mass is 32.2. The first-order valence-corrected chi connectivity index (χ1v) is 8.48. The number of hydrogen-bond donors (Lipinski definition) is 2. The lowest BCUT2D eigenvalue weighted by atomic mass is 10.2. The molecule has 1 aromatic heterocycles. The Balaban J connectivity index is 2.13. The van der Waals surface area contributed by atoms with Crippen LogP contribution in [0, 0.1) is 6.92 Å². The Bertz CT molecular complexity index is 778. The van der Waals surface area contributed by atoms with E-state index in [2.05, 4.69) is 4.72 Å². The van der Waals surface area contributed by atoms with Crippen LogP contribution in [0.2, 0.25) is 0 Å². The smallest absolute Gasteiger partial charge is 0.240 e. The number of phenolic OH excluding ortho intramolecular Hbond substituents is 1. The molecular formula is C14H15NO4S2. The second-order valence-electron chi connectivity index (χ2n) is 4.59. The number of thiophene rings is 1. The Labute approximate surface area is 127 Å². The van der Waals surface area contributed by atoms with Gasteiger partial charge in [-0.05, 0) is 49.7 Å². The predicted molar refractivity (Wildman–Crippen MR) is 81.2 cm³/mol. The summed E-state index contributed by atoms with van der Waals surface area (Å²) in [6, 6.07) is 7.52. The first kappa shape index (κ1) is 15.7. The number of carbonyl (C=O) groups is 1. The van der Waals surface area contributed by atoms with Crippen LogP contribution in [0.3, 0.4) is 0 Å². The van der Waals surface area contributed by atoms with Crippen molar-refractivity contribution in [1.29, 1.82) is 0 Å². The number of carbonyl (C=O) groups excluding carboxylic acids is 1. The van der Waals surface area contributed by atoms with Gasteiger partial charge in [0.15, 0.2) is 5.78 Å². The summed E-state index contributed by atoms with van der Waals surface area (Å²) in [7, 11) is -3.65. The fourth-order valence-electron chi connectivity index (χ4n) is 1.71. The summed E-state index contributed by atoms with van der Waals surface area (Å²) in [5.74, 6) is 0.0153. The highest BCUT2D eigenvalue weighted by molar-refractivity contribution is 7.89. The molecule has 0 atom stereocenters. The zero-order valence-electron chi connectivity index (χ0n) is 11.6. The molecule has 7 heteroatoms. The Morgan fingerprint density at radius 2 is 2.00 bits per heavy atom. The van der Waals surface area contributed by atoms with E-state index < -0.39 is 10.0 Å². The Hall–Kier alpha value is -1.70. The quantitative estimate of drug-likeness (QED) is 0.827. The summed E-state index contributed by atoms with van der Waals surface area (Å²) in [5, 5.41) is 9.43. The molecule has 0 unspecified atom stereocenters. The molecule has 0 spiro atoms. The van der Waals surface area contributed by atoms with Crippen molar-refractivity contribution < 1.29 is 18.3 Å². The van der Waals surface area contributed by atoms with E-state index in [0.717, 1.165) is 4.88 Å². The summed E-state index contributed by atoms with van der Waals surface area (Å²) in [5.41, 5.74) is 0.493.